The van der Waals surface area contributed by atoms with Gasteiger partial charge in [0.25, 0.3) is 0 Å². The summed E-state index contributed by atoms with van der Waals surface area (Å²) in [6.45, 7) is 2.51. The van der Waals surface area contributed by atoms with Crippen molar-refractivity contribution in [3.05, 3.63) is 34.9 Å². The van der Waals surface area contributed by atoms with Gasteiger partial charge in [-0.2, -0.15) is 0 Å². The van der Waals surface area contributed by atoms with E-state index in [9.17, 15) is 4.79 Å². The first-order chi connectivity index (χ1) is 9.24. The van der Waals surface area contributed by atoms with E-state index < -0.39 is 0 Å². The number of halogens is 1. The van der Waals surface area contributed by atoms with Crippen LogP contribution in [0.4, 0.5) is 0 Å². The average Bonchev–Trinajstić information content (AvgIpc) is 2.45. The second kappa shape index (κ2) is 7.06. The van der Waals surface area contributed by atoms with Gasteiger partial charge in [-0.15, -0.1) is 0 Å². The first-order valence-electron chi connectivity index (χ1n) is 7.14. The van der Waals surface area contributed by atoms with Crippen LogP contribution in [0, 0.1) is 5.92 Å². The lowest BCUT2D eigenvalue weighted by atomic mass is 9.82. The summed E-state index contributed by atoms with van der Waals surface area (Å²) < 4.78 is 5.74. The number of rotatable bonds is 5. The summed E-state index contributed by atoms with van der Waals surface area (Å²) in [5.74, 6) is 0.386. The van der Waals surface area contributed by atoms with Crippen molar-refractivity contribution in [2.45, 2.75) is 45.1 Å². The monoisotopic (exact) mass is 280 g/mol. The molecule has 0 heterocycles. The summed E-state index contributed by atoms with van der Waals surface area (Å²) in [6.07, 6.45) is 5.51. The highest BCUT2D eigenvalue weighted by molar-refractivity contribution is 6.34. The Kier molecular flexibility index (Phi) is 5.41. The highest BCUT2D eigenvalue weighted by Gasteiger charge is 2.31. The number of hydrogen-bond donors (Lipinski definition) is 0. The van der Waals surface area contributed by atoms with Crippen LogP contribution in [-0.2, 0) is 4.74 Å². The molecule has 0 spiro atoms. The molecule has 1 aromatic rings. The molecule has 1 aliphatic carbocycles. The van der Waals surface area contributed by atoms with Crippen LogP contribution in [0.5, 0.6) is 0 Å². The zero-order valence-corrected chi connectivity index (χ0v) is 12.2. The van der Waals surface area contributed by atoms with Gasteiger partial charge in [0, 0.05) is 12.2 Å². The molecule has 0 radical (unpaired) electrons. The summed E-state index contributed by atoms with van der Waals surface area (Å²) in [5, 5.41) is 0.521. The van der Waals surface area contributed by atoms with E-state index in [0.717, 1.165) is 12.8 Å². The number of carbonyl (C=O) groups is 1. The minimum atomic E-state index is -0.329. The van der Waals surface area contributed by atoms with Gasteiger partial charge in [0.1, 0.15) is 6.10 Å². The van der Waals surface area contributed by atoms with Crippen LogP contribution in [0.25, 0.3) is 0 Å². The highest BCUT2D eigenvalue weighted by Crippen LogP contribution is 2.31. The molecule has 2 nitrogen and oxygen atoms in total. The molecule has 0 bridgehead atoms. The predicted octanol–water partition coefficient (Wildman–Crippen LogP) is 4.51. The molecule has 19 heavy (non-hydrogen) atoms. The molecule has 1 atom stereocenters. The van der Waals surface area contributed by atoms with Gasteiger partial charge in [0.15, 0.2) is 5.78 Å². The molecule has 1 fully saturated rings. The second-order valence-corrected chi connectivity index (χ2v) is 5.53. The van der Waals surface area contributed by atoms with E-state index in [2.05, 4.69) is 0 Å². The third-order valence-electron chi connectivity index (χ3n) is 3.82. The maximum atomic E-state index is 12.6. The van der Waals surface area contributed by atoms with Gasteiger partial charge >= 0.3 is 0 Å². The van der Waals surface area contributed by atoms with Crippen LogP contribution >= 0.6 is 11.6 Å². The largest absolute Gasteiger partial charge is 0.370 e. The molecule has 0 saturated heterocycles. The Hall–Kier alpha value is -0.860. The van der Waals surface area contributed by atoms with Crippen molar-refractivity contribution in [1.82, 2.24) is 0 Å². The standard InChI is InChI=1S/C16H21ClO2/c1-2-19-16(12-8-4-3-5-9-12)15(18)13-10-6-7-11-14(13)17/h6-7,10-12,16H,2-5,8-9H2,1H3. The normalized spacial score (nSPS) is 18.2. The Morgan fingerprint density at radius 1 is 1.32 bits per heavy atom. The summed E-state index contributed by atoms with van der Waals surface area (Å²) in [6, 6.07) is 7.25. The van der Waals surface area contributed by atoms with E-state index in [4.69, 9.17) is 16.3 Å². The van der Waals surface area contributed by atoms with Crippen molar-refractivity contribution in [3.8, 4) is 0 Å². The molecule has 1 aromatic carbocycles. The van der Waals surface area contributed by atoms with E-state index in [1.54, 1.807) is 12.1 Å². The maximum Gasteiger partial charge on any atom is 0.193 e. The number of benzene rings is 1. The van der Waals surface area contributed by atoms with Crippen LogP contribution in [0.15, 0.2) is 24.3 Å². The van der Waals surface area contributed by atoms with Crippen molar-refractivity contribution < 1.29 is 9.53 Å². The first kappa shape index (κ1) is 14.5. The van der Waals surface area contributed by atoms with Gasteiger partial charge in [0.05, 0.1) is 5.02 Å². The van der Waals surface area contributed by atoms with Crippen LogP contribution in [0.3, 0.4) is 0 Å². The Labute approximate surface area is 120 Å². The lowest BCUT2D eigenvalue weighted by Crippen LogP contribution is -2.34. The lowest BCUT2D eigenvalue weighted by Gasteiger charge is -2.29. The number of carbonyl (C=O) groups excluding carboxylic acids is 1. The van der Waals surface area contributed by atoms with Gasteiger partial charge < -0.3 is 4.74 Å². The van der Waals surface area contributed by atoms with E-state index in [-0.39, 0.29) is 11.9 Å². The molecule has 2 rings (SSSR count). The summed E-state index contributed by atoms with van der Waals surface area (Å²) in [7, 11) is 0. The van der Waals surface area contributed by atoms with E-state index in [1.807, 2.05) is 19.1 Å². The number of ketones is 1. The van der Waals surface area contributed by atoms with Gasteiger partial charge in [-0.1, -0.05) is 43.0 Å². The average molecular weight is 281 g/mol. The van der Waals surface area contributed by atoms with Crippen LogP contribution in [-0.4, -0.2) is 18.5 Å². The number of Topliss-reactive ketones (excluding diaryl/α,β-unsaturated/α-hetero) is 1. The molecule has 0 amide bonds. The van der Waals surface area contributed by atoms with E-state index >= 15 is 0 Å². The SMILES string of the molecule is CCOC(C(=O)c1ccccc1Cl)C1CCCCC1. The van der Waals surface area contributed by atoms with Crippen LogP contribution < -0.4 is 0 Å². The quantitative estimate of drug-likeness (QED) is 0.742. The van der Waals surface area contributed by atoms with E-state index in [0.29, 0.717) is 23.1 Å². The molecule has 0 N–H and O–H groups in total. The fourth-order valence-corrected chi connectivity index (χ4v) is 3.09. The highest BCUT2D eigenvalue weighted by atomic mass is 35.5. The molecule has 3 heteroatoms. The van der Waals surface area contributed by atoms with Gasteiger partial charge in [-0.25, -0.2) is 0 Å². The van der Waals surface area contributed by atoms with Crippen LogP contribution in [0.1, 0.15) is 49.4 Å². The Morgan fingerprint density at radius 2 is 2.00 bits per heavy atom. The van der Waals surface area contributed by atoms with Gasteiger partial charge in [0.2, 0.25) is 0 Å². The molecular weight excluding hydrogens is 260 g/mol. The Bertz CT molecular complexity index is 425. The summed E-state index contributed by atoms with van der Waals surface area (Å²) >= 11 is 6.13. The van der Waals surface area contributed by atoms with Crippen molar-refractivity contribution in [2.24, 2.45) is 5.92 Å². The van der Waals surface area contributed by atoms with E-state index in [1.165, 1.54) is 19.3 Å². The third-order valence-corrected chi connectivity index (χ3v) is 4.15. The fraction of sp³-hybridized carbons (Fsp3) is 0.562. The zero-order valence-electron chi connectivity index (χ0n) is 11.4. The first-order valence-corrected chi connectivity index (χ1v) is 7.52. The topological polar surface area (TPSA) is 26.3 Å². The van der Waals surface area contributed by atoms with Crippen molar-refractivity contribution in [3.63, 3.8) is 0 Å². The Balaban J connectivity index is 2.18. The molecule has 0 aliphatic heterocycles. The molecule has 1 saturated carbocycles. The third kappa shape index (κ3) is 3.58. The number of ether oxygens (including phenoxy) is 1. The second-order valence-electron chi connectivity index (χ2n) is 5.12. The smallest absolute Gasteiger partial charge is 0.193 e. The summed E-state index contributed by atoms with van der Waals surface area (Å²) in [4.78, 5) is 12.6. The minimum absolute atomic E-state index is 0.0411. The molecular formula is C16H21ClO2. The zero-order chi connectivity index (χ0) is 13.7. The maximum absolute atomic E-state index is 12.6. The molecule has 1 unspecified atom stereocenters. The van der Waals surface area contributed by atoms with Gasteiger partial charge in [-0.05, 0) is 37.8 Å². The van der Waals surface area contributed by atoms with Crippen molar-refractivity contribution in [2.75, 3.05) is 6.61 Å². The Morgan fingerprint density at radius 3 is 2.63 bits per heavy atom. The van der Waals surface area contributed by atoms with Gasteiger partial charge in [-0.3, -0.25) is 4.79 Å². The van der Waals surface area contributed by atoms with Crippen molar-refractivity contribution >= 4 is 17.4 Å². The lowest BCUT2D eigenvalue weighted by molar-refractivity contribution is 0.0127. The number of hydrogen-bond acceptors (Lipinski definition) is 2. The molecule has 0 aromatic heterocycles. The fourth-order valence-electron chi connectivity index (χ4n) is 2.86. The van der Waals surface area contributed by atoms with Crippen molar-refractivity contribution in [1.29, 1.82) is 0 Å². The summed E-state index contributed by atoms with van der Waals surface area (Å²) in [5.41, 5.74) is 0.591. The van der Waals surface area contributed by atoms with Crippen LogP contribution in [0.2, 0.25) is 5.02 Å². The predicted molar refractivity (Wildman–Crippen MR) is 77.8 cm³/mol. The molecule has 104 valence electrons. The minimum Gasteiger partial charge on any atom is -0.370 e. The molecule has 1 aliphatic rings.